The highest BCUT2D eigenvalue weighted by molar-refractivity contribution is 9.10. The van der Waals surface area contributed by atoms with E-state index in [0.717, 1.165) is 22.1 Å². The standard InChI is InChI=1S/C13H13BrN2O/c1-9-3-4-10(7-11(9)14)16-12(17)13(8-15)5-2-6-13/h3-4,7H,2,5-6H2,1H3,(H,16,17). The number of hydrogen-bond donors (Lipinski definition) is 1. The van der Waals surface area contributed by atoms with Gasteiger partial charge < -0.3 is 5.32 Å². The lowest BCUT2D eigenvalue weighted by Crippen LogP contribution is -2.40. The van der Waals surface area contributed by atoms with Crippen molar-refractivity contribution in [3.8, 4) is 6.07 Å². The van der Waals surface area contributed by atoms with Gasteiger partial charge in [0.25, 0.3) is 0 Å². The molecule has 1 aromatic carbocycles. The molecule has 0 aromatic heterocycles. The van der Waals surface area contributed by atoms with Gasteiger partial charge >= 0.3 is 0 Å². The first-order valence-corrected chi connectivity index (χ1v) is 6.35. The minimum absolute atomic E-state index is 0.179. The molecule has 0 spiro atoms. The number of carbonyl (C=O) groups is 1. The number of rotatable bonds is 2. The number of anilines is 1. The molecule has 0 saturated heterocycles. The number of nitriles is 1. The molecule has 0 atom stereocenters. The summed E-state index contributed by atoms with van der Waals surface area (Å²) in [6.45, 7) is 1.98. The van der Waals surface area contributed by atoms with Crippen LogP contribution in [-0.4, -0.2) is 5.91 Å². The first-order valence-electron chi connectivity index (χ1n) is 5.56. The third-order valence-corrected chi connectivity index (χ3v) is 4.14. The first kappa shape index (κ1) is 12.1. The predicted molar refractivity (Wildman–Crippen MR) is 69.4 cm³/mol. The molecule has 4 heteroatoms. The molecule has 1 aliphatic rings. The van der Waals surface area contributed by atoms with Crippen molar-refractivity contribution in [3.63, 3.8) is 0 Å². The van der Waals surface area contributed by atoms with Crippen LogP contribution < -0.4 is 5.32 Å². The Morgan fingerprint density at radius 1 is 1.53 bits per heavy atom. The minimum Gasteiger partial charge on any atom is -0.325 e. The van der Waals surface area contributed by atoms with Gasteiger partial charge in [0.2, 0.25) is 5.91 Å². The van der Waals surface area contributed by atoms with Crippen LogP contribution in [0.1, 0.15) is 24.8 Å². The second kappa shape index (κ2) is 4.50. The van der Waals surface area contributed by atoms with Crippen molar-refractivity contribution in [2.24, 2.45) is 5.41 Å². The Hall–Kier alpha value is -1.34. The fourth-order valence-corrected chi connectivity index (χ4v) is 2.22. The molecule has 1 amide bonds. The highest BCUT2D eigenvalue weighted by Crippen LogP contribution is 2.41. The van der Waals surface area contributed by atoms with Gasteiger partial charge in [-0.15, -0.1) is 0 Å². The zero-order chi connectivity index (χ0) is 12.5. The van der Waals surface area contributed by atoms with Crippen LogP contribution in [0.3, 0.4) is 0 Å². The van der Waals surface area contributed by atoms with Crippen LogP contribution in [0, 0.1) is 23.7 Å². The molecule has 2 rings (SSSR count). The van der Waals surface area contributed by atoms with Crippen LogP contribution in [0.5, 0.6) is 0 Å². The third kappa shape index (κ3) is 2.20. The summed E-state index contributed by atoms with van der Waals surface area (Å²) in [5, 5.41) is 11.9. The third-order valence-electron chi connectivity index (χ3n) is 3.29. The van der Waals surface area contributed by atoms with Crippen molar-refractivity contribution in [2.45, 2.75) is 26.2 Å². The maximum Gasteiger partial charge on any atom is 0.244 e. The van der Waals surface area contributed by atoms with Crippen LogP contribution in [0.15, 0.2) is 22.7 Å². The van der Waals surface area contributed by atoms with Crippen molar-refractivity contribution >= 4 is 27.5 Å². The molecule has 0 unspecified atom stereocenters. The Morgan fingerprint density at radius 3 is 2.71 bits per heavy atom. The topological polar surface area (TPSA) is 52.9 Å². The predicted octanol–water partition coefficient (Wildman–Crippen LogP) is 3.39. The normalized spacial score (nSPS) is 16.8. The number of nitrogens with one attached hydrogen (secondary N) is 1. The summed E-state index contributed by atoms with van der Waals surface area (Å²) in [5.41, 5.74) is 1.05. The van der Waals surface area contributed by atoms with Gasteiger partial charge in [-0.2, -0.15) is 5.26 Å². The highest BCUT2D eigenvalue weighted by atomic mass is 79.9. The van der Waals surface area contributed by atoms with Gasteiger partial charge in [0.15, 0.2) is 0 Å². The maximum absolute atomic E-state index is 12.0. The van der Waals surface area contributed by atoms with E-state index < -0.39 is 5.41 Å². The van der Waals surface area contributed by atoms with Crippen molar-refractivity contribution in [1.29, 1.82) is 5.26 Å². The monoisotopic (exact) mass is 292 g/mol. The van der Waals surface area contributed by atoms with E-state index in [-0.39, 0.29) is 5.91 Å². The SMILES string of the molecule is Cc1ccc(NC(=O)C2(C#N)CCC2)cc1Br. The number of hydrogen-bond acceptors (Lipinski definition) is 2. The molecule has 3 nitrogen and oxygen atoms in total. The average Bonchev–Trinajstić information content (AvgIpc) is 2.23. The van der Waals surface area contributed by atoms with E-state index in [0.29, 0.717) is 12.8 Å². The smallest absolute Gasteiger partial charge is 0.244 e. The summed E-state index contributed by atoms with van der Waals surface area (Å²) in [6, 6.07) is 7.77. The van der Waals surface area contributed by atoms with Gasteiger partial charge in [0.1, 0.15) is 5.41 Å². The summed E-state index contributed by atoms with van der Waals surface area (Å²) in [6.07, 6.45) is 2.29. The van der Waals surface area contributed by atoms with Crippen molar-refractivity contribution in [2.75, 3.05) is 5.32 Å². The molecule has 1 N–H and O–H groups in total. The summed E-state index contributed by atoms with van der Waals surface area (Å²) in [4.78, 5) is 12.0. The lowest BCUT2D eigenvalue weighted by atomic mass is 9.69. The van der Waals surface area contributed by atoms with Crippen LogP contribution in [0.2, 0.25) is 0 Å². The molecular formula is C13H13BrN2O. The van der Waals surface area contributed by atoms with Crippen LogP contribution in [0.25, 0.3) is 0 Å². The van der Waals surface area contributed by atoms with Crippen molar-refractivity contribution < 1.29 is 4.79 Å². The van der Waals surface area contributed by atoms with Crippen LogP contribution >= 0.6 is 15.9 Å². The summed E-state index contributed by atoms with van der Waals surface area (Å²) in [7, 11) is 0. The Morgan fingerprint density at radius 2 is 2.24 bits per heavy atom. The Bertz CT molecular complexity index is 501. The molecule has 1 aromatic rings. The van der Waals surface area contributed by atoms with E-state index in [2.05, 4.69) is 27.3 Å². The summed E-state index contributed by atoms with van der Waals surface area (Å²) < 4.78 is 0.954. The fraction of sp³-hybridized carbons (Fsp3) is 0.385. The second-order valence-corrected chi connectivity index (χ2v) is 5.32. The second-order valence-electron chi connectivity index (χ2n) is 4.47. The molecule has 1 fully saturated rings. The molecule has 1 aliphatic carbocycles. The Balaban J connectivity index is 2.13. The lowest BCUT2D eigenvalue weighted by molar-refractivity contribution is -0.126. The Labute approximate surface area is 109 Å². The largest absolute Gasteiger partial charge is 0.325 e. The molecule has 0 bridgehead atoms. The zero-order valence-electron chi connectivity index (χ0n) is 9.59. The molecule has 0 radical (unpaired) electrons. The summed E-state index contributed by atoms with van der Waals surface area (Å²) >= 11 is 3.42. The zero-order valence-corrected chi connectivity index (χ0v) is 11.2. The van der Waals surface area contributed by atoms with Gasteiger partial charge in [-0.25, -0.2) is 0 Å². The number of benzene rings is 1. The van der Waals surface area contributed by atoms with Gasteiger partial charge in [-0.05, 0) is 43.9 Å². The molecular weight excluding hydrogens is 280 g/mol. The number of halogens is 1. The van der Waals surface area contributed by atoms with Gasteiger partial charge in [-0.3, -0.25) is 4.79 Å². The van der Waals surface area contributed by atoms with Crippen LogP contribution in [0.4, 0.5) is 5.69 Å². The van der Waals surface area contributed by atoms with E-state index >= 15 is 0 Å². The summed E-state index contributed by atoms with van der Waals surface area (Å²) in [5.74, 6) is -0.179. The van der Waals surface area contributed by atoms with Crippen LogP contribution in [-0.2, 0) is 4.79 Å². The van der Waals surface area contributed by atoms with Crippen molar-refractivity contribution in [3.05, 3.63) is 28.2 Å². The molecule has 1 saturated carbocycles. The van der Waals surface area contributed by atoms with E-state index in [9.17, 15) is 4.79 Å². The molecule has 17 heavy (non-hydrogen) atoms. The van der Waals surface area contributed by atoms with E-state index in [4.69, 9.17) is 5.26 Å². The van der Waals surface area contributed by atoms with Gasteiger partial charge in [0, 0.05) is 10.2 Å². The Kier molecular flexibility index (Phi) is 3.21. The highest BCUT2D eigenvalue weighted by Gasteiger charge is 2.44. The average molecular weight is 293 g/mol. The maximum atomic E-state index is 12.0. The van der Waals surface area contributed by atoms with Gasteiger partial charge in [-0.1, -0.05) is 22.0 Å². The molecule has 0 aliphatic heterocycles. The van der Waals surface area contributed by atoms with E-state index in [1.807, 2.05) is 25.1 Å². The number of carbonyl (C=O) groups excluding carboxylic acids is 1. The quantitative estimate of drug-likeness (QED) is 0.908. The fourth-order valence-electron chi connectivity index (χ4n) is 1.84. The van der Waals surface area contributed by atoms with E-state index in [1.165, 1.54) is 0 Å². The lowest BCUT2D eigenvalue weighted by Gasteiger charge is -2.33. The molecule has 0 heterocycles. The van der Waals surface area contributed by atoms with Gasteiger partial charge in [0.05, 0.1) is 6.07 Å². The minimum atomic E-state index is -0.794. The van der Waals surface area contributed by atoms with Crippen molar-refractivity contribution in [1.82, 2.24) is 0 Å². The molecule has 88 valence electrons. The first-order chi connectivity index (χ1) is 8.07. The van der Waals surface area contributed by atoms with E-state index in [1.54, 1.807) is 0 Å². The number of aryl methyl sites for hydroxylation is 1. The number of nitrogens with zero attached hydrogens (tertiary/aromatic N) is 1. The number of amides is 1.